The summed E-state index contributed by atoms with van der Waals surface area (Å²) in [5.74, 6) is 1.02. The maximum atomic E-state index is 12.4. The Hall–Kier alpha value is -2.37. The minimum atomic E-state index is -0.0959. The second-order valence-corrected chi connectivity index (χ2v) is 7.54. The van der Waals surface area contributed by atoms with Crippen LogP contribution in [0.15, 0.2) is 42.5 Å². The van der Waals surface area contributed by atoms with E-state index in [9.17, 15) is 4.79 Å². The topological polar surface area (TPSA) is 53.6 Å². The quantitative estimate of drug-likeness (QED) is 0.774. The Morgan fingerprint density at radius 1 is 1.14 bits per heavy atom. The number of likely N-dealkylation sites (tertiary alicyclic amines) is 1. The number of rotatable bonds is 7. The number of hydrogen-bond acceptors (Lipinski definition) is 4. The van der Waals surface area contributed by atoms with E-state index in [4.69, 9.17) is 4.74 Å². The summed E-state index contributed by atoms with van der Waals surface area (Å²) in [6, 6.07) is 14.7. The summed E-state index contributed by atoms with van der Waals surface area (Å²) in [5.41, 5.74) is 4.95. The Labute approximate surface area is 168 Å². The molecular formula is C23H31N3O2. The molecule has 2 aromatic rings. The van der Waals surface area contributed by atoms with Crippen molar-refractivity contribution in [1.29, 1.82) is 0 Å². The molecule has 5 heteroatoms. The van der Waals surface area contributed by atoms with E-state index in [1.165, 1.54) is 22.3 Å². The number of benzene rings is 2. The molecule has 1 aliphatic rings. The van der Waals surface area contributed by atoms with Gasteiger partial charge >= 0.3 is 0 Å². The number of methoxy groups -OCH3 is 1. The third-order valence-electron chi connectivity index (χ3n) is 5.83. The number of ether oxygens (including phenoxy) is 1. The lowest BCUT2D eigenvalue weighted by molar-refractivity contribution is -0.125. The van der Waals surface area contributed by atoms with Gasteiger partial charge in [0.15, 0.2) is 0 Å². The van der Waals surface area contributed by atoms with Gasteiger partial charge in [-0.15, -0.1) is 0 Å². The van der Waals surface area contributed by atoms with Gasteiger partial charge in [0.1, 0.15) is 5.75 Å². The standard InChI is InChI=1S/C23H31N3O2/c1-16-17(2)22(28-4)11-10-19(16)13-25-20-12-21(23(27)24-3)26(15-20)14-18-8-6-5-7-9-18/h5-11,20-21,25H,12-15H2,1-4H3,(H,24,27)/t20-,21-/m0/s1. The van der Waals surface area contributed by atoms with Crippen LogP contribution in [0, 0.1) is 13.8 Å². The molecule has 0 radical (unpaired) electrons. The molecule has 1 amide bonds. The number of carbonyl (C=O) groups excluding carboxylic acids is 1. The molecule has 2 atom stereocenters. The predicted octanol–water partition coefficient (Wildman–Crippen LogP) is 2.79. The molecule has 0 aliphatic carbocycles. The van der Waals surface area contributed by atoms with Crippen molar-refractivity contribution in [1.82, 2.24) is 15.5 Å². The fourth-order valence-corrected chi connectivity index (χ4v) is 4.00. The fourth-order valence-electron chi connectivity index (χ4n) is 4.00. The van der Waals surface area contributed by atoms with Gasteiger partial charge in [-0.05, 0) is 48.6 Å². The lowest BCUT2D eigenvalue weighted by atomic mass is 10.0. The molecule has 1 fully saturated rings. The highest BCUT2D eigenvalue weighted by Crippen LogP contribution is 2.25. The highest BCUT2D eigenvalue weighted by atomic mass is 16.5. The van der Waals surface area contributed by atoms with Crippen molar-refractivity contribution in [3.63, 3.8) is 0 Å². The van der Waals surface area contributed by atoms with Gasteiger partial charge in [-0.2, -0.15) is 0 Å². The predicted molar refractivity (Wildman–Crippen MR) is 112 cm³/mol. The summed E-state index contributed by atoms with van der Waals surface area (Å²) >= 11 is 0. The Morgan fingerprint density at radius 3 is 2.57 bits per heavy atom. The van der Waals surface area contributed by atoms with Crippen molar-refractivity contribution in [2.24, 2.45) is 0 Å². The van der Waals surface area contributed by atoms with E-state index in [2.05, 4.69) is 47.6 Å². The van der Waals surface area contributed by atoms with Gasteiger partial charge in [0.2, 0.25) is 5.91 Å². The molecule has 0 spiro atoms. The Kier molecular flexibility index (Phi) is 6.70. The van der Waals surface area contributed by atoms with Crippen molar-refractivity contribution in [2.45, 2.75) is 45.4 Å². The van der Waals surface area contributed by atoms with Crippen LogP contribution in [0.5, 0.6) is 5.75 Å². The molecule has 0 saturated carbocycles. The van der Waals surface area contributed by atoms with Gasteiger partial charge in [0.05, 0.1) is 13.2 Å². The van der Waals surface area contributed by atoms with Crippen molar-refractivity contribution in [3.8, 4) is 5.75 Å². The van der Waals surface area contributed by atoms with Crippen molar-refractivity contribution in [2.75, 3.05) is 20.7 Å². The lowest BCUT2D eigenvalue weighted by Crippen LogP contribution is -2.41. The zero-order valence-corrected chi connectivity index (χ0v) is 17.3. The zero-order chi connectivity index (χ0) is 20.1. The molecule has 1 heterocycles. The smallest absolute Gasteiger partial charge is 0.237 e. The van der Waals surface area contributed by atoms with Gasteiger partial charge in [-0.1, -0.05) is 36.4 Å². The molecule has 1 aliphatic heterocycles. The monoisotopic (exact) mass is 381 g/mol. The molecular weight excluding hydrogens is 350 g/mol. The van der Waals surface area contributed by atoms with E-state index in [1.807, 2.05) is 24.3 Å². The molecule has 0 bridgehead atoms. The molecule has 2 aromatic carbocycles. The maximum absolute atomic E-state index is 12.4. The van der Waals surface area contributed by atoms with Crippen LogP contribution in [0.1, 0.15) is 28.7 Å². The number of carbonyl (C=O) groups is 1. The zero-order valence-electron chi connectivity index (χ0n) is 17.3. The van der Waals surface area contributed by atoms with Crippen LogP contribution >= 0.6 is 0 Å². The summed E-state index contributed by atoms with van der Waals surface area (Å²) in [4.78, 5) is 14.7. The van der Waals surface area contributed by atoms with E-state index >= 15 is 0 Å². The first-order chi connectivity index (χ1) is 13.5. The highest BCUT2D eigenvalue weighted by molar-refractivity contribution is 5.81. The van der Waals surface area contributed by atoms with Crippen LogP contribution in [0.25, 0.3) is 0 Å². The molecule has 0 aromatic heterocycles. The lowest BCUT2D eigenvalue weighted by Gasteiger charge is -2.22. The first-order valence-corrected chi connectivity index (χ1v) is 9.89. The molecule has 1 saturated heterocycles. The first kappa shape index (κ1) is 20.4. The van der Waals surface area contributed by atoms with Gasteiger partial charge in [-0.3, -0.25) is 9.69 Å². The molecule has 2 N–H and O–H groups in total. The maximum Gasteiger partial charge on any atom is 0.237 e. The number of likely N-dealkylation sites (N-methyl/N-ethyl adjacent to an activating group) is 1. The molecule has 5 nitrogen and oxygen atoms in total. The van der Waals surface area contributed by atoms with E-state index in [1.54, 1.807) is 14.2 Å². The highest BCUT2D eigenvalue weighted by Gasteiger charge is 2.36. The molecule has 0 unspecified atom stereocenters. The van der Waals surface area contributed by atoms with E-state index < -0.39 is 0 Å². The SMILES string of the molecule is CNC(=O)[C@@H]1C[C@H](NCc2ccc(OC)c(C)c2C)CN1Cc1ccccc1. The van der Waals surface area contributed by atoms with Crippen molar-refractivity contribution < 1.29 is 9.53 Å². The fraction of sp³-hybridized carbons (Fsp3) is 0.435. The van der Waals surface area contributed by atoms with E-state index in [0.717, 1.165) is 31.8 Å². The Balaban J connectivity index is 1.66. The van der Waals surface area contributed by atoms with Crippen molar-refractivity contribution in [3.05, 3.63) is 64.7 Å². The minimum Gasteiger partial charge on any atom is -0.496 e. The summed E-state index contributed by atoms with van der Waals surface area (Å²) in [7, 11) is 3.42. The van der Waals surface area contributed by atoms with Crippen LogP contribution in [-0.2, 0) is 17.9 Å². The Morgan fingerprint density at radius 2 is 1.89 bits per heavy atom. The van der Waals surface area contributed by atoms with Gasteiger partial charge in [-0.25, -0.2) is 0 Å². The van der Waals surface area contributed by atoms with Crippen LogP contribution in [0.4, 0.5) is 0 Å². The number of hydrogen-bond donors (Lipinski definition) is 2. The van der Waals surface area contributed by atoms with Crippen LogP contribution in [0.3, 0.4) is 0 Å². The minimum absolute atomic E-state index is 0.0942. The van der Waals surface area contributed by atoms with Crippen LogP contribution < -0.4 is 15.4 Å². The molecule has 3 rings (SSSR count). The largest absolute Gasteiger partial charge is 0.496 e. The summed E-state index contributed by atoms with van der Waals surface area (Å²) in [6.45, 7) is 6.68. The average molecular weight is 382 g/mol. The number of amides is 1. The third kappa shape index (κ3) is 4.54. The summed E-state index contributed by atoms with van der Waals surface area (Å²) in [5, 5.41) is 6.49. The van der Waals surface area contributed by atoms with Crippen LogP contribution in [0.2, 0.25) is 0 Å². The van der Waals surface area contributed by atoms with E-state index in [-0.39, 0.29) is 18.0 Å². The molecule has 28 heavy (non-hydrogen) atoms. The molecule has 150 valence electrons. The second kappa shape index (κ2) is 9.22. The average Bonchev–Trinajstić information content (AvgIpc) is 3.12. The van der Waals surface area contributed by atoms with Gasteiger partial charge in [0.25, 0.3) is 0 Å². The summed E-state index contributed by atoms with van der Waals surface area (Å²) < 4.78 is 5.41. The third-order valence-corrected chi connectivity index (χ3v) is 5.83. The normalized spacial score (nSPS) is 19.6. The first-order valence-electron chi connectivity index (χ1n) is 9.89. The number of nitrogens with zero attached hydrogens (tertiary/aromatic N) is 1. The summed E-state index contributed by atoms with van der Waals surface area (Å²) in [6.07, 6.45) is 0.820. The van der Waals surface area contributed by atoms with Crippen molar-refractivity contribution >= 4 is 5.91 Å². The van der Waals surface area contributed by atoms with Crippen LogP contribution in [-0.4, -0.2) is 43.6 Å². The van der Waals surface area contributed by atoms with E-state index in [0.29, 0.717) is 0 Å². The van der Waals surface area contributed by atoms with Gasteiger partial charge < -0.3 is 15.4 Å². The number of nitrogens with one attached hydrogen (secondary N) is 2. The van der Waals surface area contributed by atoms with Gasteiger partial charge in [0, 0.05) is 32.7 Å². The Bertz CT molecular complexity index is 807. The second-order valence-electron chi connectivity index (χ2n) is 7.54.